The first-order valence-corrected chi connectivity index (χ1v) is 10.8. The van der Waals surface area contributed by atoms with Crippen LogP contribution >= 0.6 is 0 Å². The molecule has 0 radical (unpaired) electrons. The highest BCUT2D eigenvalue weighted by molar-refractivity contribution is 5.84. The molecule has 2 saturated carbocycles. The zero-order chi connectivity index (χ0) is 19.1. The average molecular weight is 381 g/mol. The second-order valence-electron chi connectivity index (χ2n) is 9.25. The summed E-state index contributed by atoms with van der Waals surface area (Å²) in [5.74, 6) is 2.86. The van der Waals surface area contributed by atoms with E-state index >= 15 is 0 Å². The topological polar surface area (TPSA) is 39.9 Å². The fraction of sp³-hybridized carbons (Fsp3) is 0.955. The van der Waals surface area contributed by atoms with Gasteiger partial charge in [-0.15, -0.1) is 0 Å². The summed E-state index contributed by atoms with van der Waals surface area (Å²) in [5.41, 5.74) is 1.71. The van der Waals surface area contributed by atoms with E-state index in [0.717, 1.165) is 43.4 Å². The third-order valence-corrected chi connectivity index (χ3v) is 8.40. The maximum absolute atomic E-state index is 5.83. The van der Waals surface area contributed by atoms with Crippen LogP contribution in [-0.2, 0) is 18.9 Å². The fourth-order valence-corrected chi connectivity index (χ4v) is 6.89. The van der Waals surface area contributed by atoms with Crippen molar-refractivity contribution in [1.29, 1.82) is 0 Å². The summed E-state index contributed by atoms with van der Waals surface area (Å²) >= 11 is 0. The van der Waals surface area contributed by atoms with E-state index in [9.17, 15) is 0 Å². The van der Waals surface area contributed by atoms with Crippen LogP contribution in [0.5, 0.6) is 0 Å². The van der Waals surface area contributed by atoms with E-state index in [0.29, 0.717) is 12.0 Å². The molecule has 9 atom stereocenters. The van der Waals surface area contributed by atoms with Gasteiger partial charge in [-0.25, -0.2) is 4.58 Å². The van der Waals surface area contributed by atoms with Crippen LogP contribution in [0, 0.1) is 23.7 Å². The number of hydrogen-bond donors (Lipinski definition) is 0. The molecule has 0 amide bonds. The van der Waals surface area contributed by atoms with Gasteiger partial charge in [0.15, 0.2) is 11.8 Å². The fourth-order valence-electron chi connectivity index (χ4n) is 6.89. The zero-order valence-electron chi connectivity index (χ0n) is 17.7. The van der Waals surface area contributed by atoms with Crippen LogP contribution in [0.4, 0.5) is 0 Å². The molecule has 2 heterocycles. The Balaban J connectivity index is 1.59. The molecule has 0 N–H and O–H groups in total. The molecule has 2 aliphatic carbocycles. The molecular formula is C22H38NO4+. The summed E-state index contributed by atoms with van der Waals surface area (Å²) in [6.07, 6.45) is 8.02. The third-order valence-electron chi connectivity index (χ3n) is 8.40. The highest BCUT2D eigenvalue weighted by atomic mass is 16.5. The van der Waals surface area contributed by atoms with Crippen molar-refractivity contribution in [1.82, 2.24) is 0 Å². The molecule has 0 spiro atoms. The summed E-state index contributed by atoms with van der Waals surface area (Å²) in [4.78, 5) is 0. The number of ether oxygens (including phenoxy) is 4. The number of fused-ring (bicyclic) bond motifs is 3. The van der Waals surface area contributed by atoms with Crippen molar-refractivity contribution in [3.05, 3.63) is 0 Å². The molecular weight excluding hydrogens is 342 g/mol. The van der Waals surface area contributed by atoms with Crippen LogP contribution < -0.4 is 0 Å². The Morgan fingerprint density at radius 2 is 1.30 bits per heavy atom. The Bertz CT molecular complexity index is 565. The van der Waals surface area contributed by atoms with Crippen molar-refractivity contribution >= 4 is 5.71 Å². The lowest BCUT2D eigenvalue weighted by Gasteiger charge is -2.48. The normalized spacial score (nSPS) is 47.2. The van der Waals surface area contributed by atoms with Crippen LogP contribution in [0.25, 0.3) is 0 Å². The van der Waals surface area contributed by atoms with Gasteiger partial charge in [0.2, 0.25) is 0 Å². The molecule has 27 heavy (non-hydrogen) atoms. The summed E-state index contributed by atoms with van der Waals surface area (Å²) in [7, 11) is 7.37. The Kier molecular flexibility index (Phi) is 5.94. The van der Waals surface area contributed by atoms with E-state index in [1.165, 1.54) is 19.4 Å². The predicted molar refractivity (Wildman–Crippen MR) is 104 cm³/mol. The van der Waals surface area contributed by atoms with Gasteiger partial charge >= 0.3 is 0 Å². The first-order chi connectivity index (χ1) is 13.1. The molecule has 4 aliphatic rings. The van der Waals surface area contributed by atoms with E-state index in [1.54, 1.807) is 5.71 Å². The monoisotopic (exact) mass is 380 g/mol. The summed E-state index contributed by atoms with van der Waals surface area (Å²) in [5, 5.41) is 0. The largest absolute Gasteiger partial charge is 0.379 e. The molecule has 2 fully saturated rings. The SMILES string of the molecule is COC1CC2CC[N+]3=C(CC4CC(OC)C(OC)CC4C3C)C2CC1OC. The Morgan fingerprint density at radius 3 is 1.93 bits per heavy atom. The van der Waals surface area contributed by atoms with Gasteiger partial charge in [-0.3, -0.25) is 0 Å². The highest BCUT2D eigenvalue weighted by Gasteiger charge is 2.53. The van der Waals surface area contributed by atoms with Gasteiger partial charge in [0.1, 0.15) is 6.54 Å². The van der Waals surface area contributed by atoms with Crippen LogP contribution in [0.1, 0.15) is 45.4 Å². The Morgan fingerprint density at radius 1 is 0.741 bits per heavy atom. The van der Waals surface area contributed by atoms with Crippen molar-refractivity contribution in [3.63, 3.8) is 0 Å². The van der Waals surface area contributed by atoms with E-state index < -0.39 is 0 Å². The minimum Gasteiger partial charge on any atom is -0.379 e. The lowest BCUT2D eigenvalue weighted by atomic mass is 9.63. The Hall–Kier alpha value is -0.490. The zero-order valence-corrected chi connectivity index (χ0v) is 17.7. The molecule has 0 aromatic rings. The van der Waals surface area contributed by atoms with Crippen molar-refractivity contribution < 1.29 is 23.5 Å². The number of rotatable bonds is 4. The second kappa shape index (κ2) is 8.10. The number of nitrogens with zero attached hydrogens (tertiary/aromatic N) is 1. The Labute approximate surface area is 164 Å². The van der Waals surface area contributed by atoms with Crippen molar-refractivity contribution in [2.75, 3.05) is 35.0 Å². The smallest absolute Gasteiger partial charge is 0.156 e. The van der Waals surface area contributed by atoms with Gasteiger partial charge in [-0.05, 0) is 44.4 Å². The maximum atomic E-state index is 5.83. The molecule has 5 nitrogen and oxygen atoms in total. The van der Waals surface area contributed by atoms with Crippen molar-refractivity contribution in [2.45, 2.75) is 75.9 Å². The molecule has 5 heteroatoms. The minimum atomic E-state index is 0.229. The van der Waals surface area contributed by atoms with Crippen LogP contribution in [0.3, 0.4) is 0 Å². The van der Waals surface area contributed by atoms with Crippen LogP contribution in [0.2, 0.25) is 0 Å². The third kappa shape index (κ3) is 3.39. The predicted octanol–water partition coefficient (Wildman–Crippen LogP) is 2.75. The highest BCUT2D eigenvalue weighted by Crippen LogP contribution is 2.46. The summed E-state index contributed by atoms with van der Waals surface area (Å²) in [6.45, 7) is 3.66. The second-order valence-corrected chi connectivity index (χ2v) is 9.25. The lowest BCUT2D eigenvalue weighted by Crippen LogP contribution is -2.57. The molecule has 0 aromatic carbocycles. The molecule has 0 saturated heterocycles. The van der Waals surface area contributed by atoms with Gasteiger partial charge in [0.05, 0.1) is 24.4 Å². The molecule has 4 rings (SSSR count). The number of hydrogen-bond acceptors (Lipinski definition) is 4. The van der Waals surface area contributed by atoms with E-state index in [-0.39, 0.29) is 24.4 Å². The molecule has 0 aromatic heterocycles. The van der Waals surface area contributed by atoms with E-state index in [4.69, 9.17) is 18.9 Å². The van der Waals surface area contributed by atoms with Crippen molar-refractivity contribution in [2.24, 2.45) is 23.7 Å². The molecule has 2 aliphatic heterocycles. The van der Waals surface area contributed by atoms with E-state index in [1.807, 2.05) is 28.4 Å². The molecule has 0 bridgehead atoms. The minimum absolute atomic E-state index is 0.229. The van der Waals surface area contributed by atoms with Gasteiger partial charge < -0.3 is 18.9 Å². The van der Waals surface area contributed by atoms with Crippen LogP contribution in [0.15, 0.2) is 0 Å². The first-order valence-electron chi connectivity index (χ1n) is 10.8. The van der Waals surface area contributed by atoms with Crippen molar-refractivity contribution in [3.8, 4) is 0 Å². The van der Waals surface area contributed by atoms with Gasteiger partial charge in [-0.1, -0.05) is 0 Å². The van der Waals surface area contributed by atoms with E-state index in [2.05, 4.69) is 11.5 Å². The summed E-state index contributed by atoms with van der Waals surface area (Å²) in [6, 6.07) is 0.608. The van der Waals surface area contributed by atoms with Gasteiger partial charge in [-0.2, -0.15) is 0 Å². The summed E-state index contributed by atoms with van der Waals surface area (Å²) < 4.78 is 25.9. The van der Waals surface area contributed by atoms with Crippen LogP contribution in [-0.4, -0.2) is 75.7 Å². The maximum Gasteiger partial charge on any atom is 0.156 e. The number of methoxy groups -OCH3 is 4. The first kappa shape index (κ1) is 19.8. The average Bonchev–Trinajstić information content (AvgIpc) is 2.71. The molecule has 154 valence electrons. The molecule has 9 unspecified atom stereocenters. The van der Waals surface area contributed by atoms with Gasteiger partial charge in [0.25, 0.3) is 0 Å². The quantitative estimate of drug-likeness (QED) is 0.703. The standard InChI is InChI=1S/C22H38NO4/c1-13-16-11-21(26-4)20(25-3)10-15(16)8-18-17-12-22(27-5)19(24-2)9-14(17)6-7-23(13)18/h13-17,19-22H,6-12H2,1-5H3/q+1. The van der Waals surface area contributed by atoms with Gasteiger partial charge in [0, 0.05) is 53.1 Å². The lowest BCUT2D eigenvalue weighted by molar-refractivity contribution is -0.589.